The smallest absolute Gasteiger partial charge is 0.281 e. The van der Waals surface area contributed by atoms with Gasteiger partial charge in [0.25, 0.3) is 11.5 Å². The van der Waals surface area contributed by atoms with Gasteiger partial charge in [0.05, 0.1) is 22.2 Å². The first-order chi connectivity index (χ1) is 15.2. The van der Waals surface area contributed by atoms with Crippen molar-refractivity contribution in [3.05, 3.63) is 64.6 Å². The zero-order chi connectivity index (χ0) is 23.0. The molecule has 4 aromatic rings. The molecule has 32 heavy (non-hydrogen) atoms. The summed E-state index contributed by atoms with van der Waals surface area (Å²) in [6.45, 7) is 0. The number of hydrogen-bond acceptors (Lipinski definition) is 9. The van der Waals surface area contributed by atoms with Crippen molar-refractivity contribution in [3.63, 3.8) is 0 Å². The van der Waals surface area contributed by atoms with Crippen molar-refractivity contribution in [1.82, 2.24) is 14.8 Å². The Hall–Kier alpha value is -3.77. The first kappa shape index (κ1) is 21.5. The van der Waals surface area contributed by atoms with Gasteiger partial charge in [-0.15, -0.1) is 0 Å². The first-order valence-corrected chi connectivity index (χ1v) is 11.8. The zero-order valence-electron chi connectivity index (χ0n) is 16.8. The summed E-state index contributed by atoms with van der Waals surface area (Å²) < 4.78 is 30.2. The average Bonchev–Trinajstić information content (AvgIpc) is 3.14. The number of ether oxygens (including phenoxy) is 1. The van der Waals surface area contributed by atoms with Crippen LogP contribution in [0, 0.1) is 0 Å². The Kier molecular flexibility index (Phi) is 5.40. The third-order valence-corrected chi connectivity index (χ3v) is 6.49. The maximum Gasteiger partial charge on any atom is 0.281 e. The van der Waals surface area contributed by atoms with E-state index in [9.17, 15) is 23.1 Å². The molecule has 2 heterocycles. The molecule has 0 saturated heterocycles. The number of carbonyl (C=O) groups is 1. The van der Waals surface area contributed by atoms with Gasteiger partial charge in [0.15, 0.2) is 26.4 Å². The van der Waals surface area contributed by atoms with Crippen LogP contribution >= 0.6 is 11.3 Å². The second-order valence-electron chi connectivity index (χ2n) is 6.67. The third kappa shape index (κ3) is 4.05. The fourth-order valence-electron chi connectivity index (χ4n) is 2.93. The summed E-state index contributed by atoms with van der Waals surface area (Å²) in [5, 5.41) is 16.9. The van der Waals surface area contributed by atoms with E-state index in [-0.39, 0.29) is 10.0 Å². The number of sulfone groups is 1. The molecule has 0 aliphatic heterocycles. The number of carbonyl (C=O) groups excluding carboxylic acids is 1. The van der Waals surface area contributed by atoms with Crippen molar-refractivity contribution >= 4 is 42.4 Å². The number of hydrogen-bond donors (Lipinski definition) is 2. The lowest BCUT2D eigenvalue weighted by molar-refractivity contribution is 0.101. The molecule has 0 bridgehead atoms. The maximum atomic E-state index is 12.8. The highest BCUT2D eigenvalue weighted by molar-refractivity contribution is 7.90. The van der Waals surface area contributed by atoms with Crippen LogP contribution < -0.4 is 15.6 Å². The van der Waals surface area contributed by atoms with E-state index in [1.165, 1.54) is 25.3 Å². The predicted molar refractivity (Wildman–Crippen MR) is 119 cm³/mol. The van der Waals surface area contributed by atoms with Crippen LogP contribution in [0.5, 0.6) is 11.5 Å². The van der Waals surface area contributed by atoms with E-state index in [0.717, 1.165) is 28.3 Å². The number of para-hydroxylation sites is 2. The van der Waals surface area contributed by atoms with Crippen molar-refractivity contribution < 1.29 is 23.1 Å². The van der Waals surface area contributed by atoms with Gasteiger partial charge in [-0.3, -0.25) is 14.9 Å². The molecule has 2 aromatic heterocycles. The molecule has 0 atom stereocenters. The van der Waals surface area contributed by atoms with Gasteiger partial charge in [-0.25, -0.2) is 13.4 Å². The van der Waals surface area contributed by atoms with E-state index < -0.39 is 32.7 Å². The van der Waals surface area contributed by atoms with Crippen molar-refractivity contribution in [2.24, 2.45) is 0 Å². The topological polar surface area (TPSA) is 140 Å². The van der Waals surface area contributed by atoms with Gasteiger partial charge in [-0.2, -0.15) is 9.78 Å². The number of nitrogens with zero attached hydrogens (tertiary/aromatic N) is 3. The van der Waals surface area contributed by atoms with Crippen LogP contribution in [0.3, 0.4) is 0 Å². The number of amides is 1. The highest BCUT2D eigenvalue weighted by Crippen LogP contribution is 2.29. The van der Waals surface area contributed by atoms with Crippen molar-refractivity contribution in [2.45, 2.75) is 4.90 Å². The summed E-state index contributed by atoms with van der Waals surface area (Å²) in [6, 6.07) is 11.9. The van der Waals surface area contributed by atoms with Gasteiger partial charge in [-0.05, 0) is 30.3 Å². The Labute approximate surface area is 185 Å². The minimum atomic E-state index is -3.39. The average molecular weight is 473 g/mol. The SMILES string of the molecule is COc1ccccc1-n1nc(C(=O)Nc2nc3ccc(S(C)(=O)=O)cc3s2)c(O)cc1=O. The largest absolute Gasteiger partial charge is 0.505 e. The van der Waals surface area contributed by atoms with Crippen LogP contribution in [-0.4, -0.2) is 47.6 Å². The van der Waals surface area contributed by atoms with Gasteiger partial charge < -0.3 is 9.84 Å². The van der Waals surface area contributed by atoms with E-state index in [0.29, 0.717) is 21.7 Å². The molecule has 0 aliphatic carbocycles. The fourth-order valence-corrected chi connectivity index (χ4v) is 4.55. The Morgan fingerprint density at radius 2 is 1.94 bits per heavy atom. The van der Waals surface area contributed by atoms with E-state index in [4.69, 9.17) is 4.74 Å². The molecular weight excluding hydrogens is 456 g/mol. The molecule has 0 radical (unpaired) electrons. The number of anilines is 1. The quantitative estimate of drug-likeness (QED) is 0.450. The van der Waals surface area contributed by atoms with Crippen molar-refractivity contribution in [2.75, 3.05) is 18.7 Å². The molecule has 2 N–H and O–H groups in total. The molecule has 164 valence electrons. The van der Waals surface area contributed by atoms with Crippen LogP contribution in [0.1, 0.15) is 10.5 Å². The summed E-state index contributed by atoms with van der Waals surface area (Å²) in [6.07, 6.45) is 1.10. The Morgan fingerprint density at radius 3 is 2.66 bits per heavy atom. The molecule has 4 rings (SSSR count). The summed E-state index contributed by atoms with van der Waals surface area (Å²) in [4.78, 5) is 29.5. The second kappa shape index (κ2) is 8.05. The molecule has 0 saturated carbocycles. The predicted octanol–water partition coefficient (Wildman–Crippen LogP) is 2.21. The second-order valence-corrected chi connectivity index (χ2v) is 9.72. The number of aromatic nitrogens is 3. The lowest BCUT2D eigenvalue weighted by Crippen LogP contribution is -2.25. The number of fused-ring (bicyclic) bond motifs is 1. The Morgan fingerprint density at radius 1 is 1.19 bits per heavy atom. The first-order valence-electron chi connectivity index (χ1n) is 9.06. The molecule has 10 nitrogen and oxygen atoms in total. The molecule has 0 unspecified atom stereocenters. The van der Waals surface area contributed by atoms with Crippen molar-refractivity contribution in [3.8, 4) is 17.2 Å². The summed E-state index contributed by atoms with van der Waals surface area (Å²) in [5.74, 6) is -1.04. The lowest BCUT2D eigenvalue weighted by Gasteiger charge is -2.11. The molecule has 2 aromatic carbocycles. The number of methoxy groups -OCH3 is 1. The number of aromatic hydroxyl groups is 1. The summed E-state index contributed by atoms with van der Waals surface area (Å²) >= 11 is 1.06. The number of thiazole rings is 1. The fraction of sp³-hybridized carbons (Fsp3) is 0.100. The molecule has 0 spiro atoms. The van der Waals surface area contributed by atoms with Gasteiger partial charge >= 0.3 is 0 Å². The van der Waals surface area contributed by atoms with Gasteiger partial charge in [-0.1, -0.05) is 23.5 Å². The van der Waals surface area contributed by atoms with E-state index >= 15 is 0 Å². The van der Waals surface area contributed by atoms with Gasteiger partial charge in [0.1, 0.15) is 11.4 Å². The minimum absolute atomic E-state index is 0.134. The highest BCUT2D eigenvalue weighted by Gasteiger charge is 2.20. The zero-order valence-corrected chi connectivity index (χ0v) is 18.4. The molecule has 0 aliphatic rings. The van der Waals surface area contributed by atoms with E-state index in [2.05, 4.69) is 15.4 Å². The lowest BCUT2D eigenvalue weighted by atomic mass is 10.3. The molecule has 1 amide bonds. The minimum Gasteiger partial charge on any atom is -0.505 e. The standard InChI is InChI=1S/C20H16N4O6S2/c1-30-15-6-4-3-5-13(15)24-17(26)10-14(25)18(23-24)19(27)22-20-21-12-8-7-11(32(2,28)29)9-16(12)31-20/h3-10,25H,1-2H3,(H,21,22,27). The van der Waals surface area contributed by atoms with Crippen LogP contribution in [0.25, 0.3) is 15.9 Å². The summed E-state index contributed by atoms with van der Waals surface area (Å²) in [5.41, 5.74) is -0.264. The third-order valence-electron chi connectivity index (χ3n) is 4.45. The number of benzene rings is 2. The van der Waals surface area contributed by atoms with E-state index in [1.807, 2.05) is 0 Å². The summed E-state index contributed by atoms with van der Waals surface area (Å²) in [7, 11) is -1.96. The van der Waals surface area contributed by atoms with Gasteiger partial charge in [0, 0.05) is 12.3 Å². The Balaban J connectivity index is 1.70. The van der Waals surface area contributed by atoms with Crippen LogP contribution in [0.4, 0.5) is 5.13 Å². The molecule has 0 fully saturated rings. The van der Waals surface area contributed by atoms with Crippen LogP contribution in [-0.2, 0) is 9.84 Å². The monoisotopic (exact) mass is 472 g/mol. The van der Waals surface area contributed by atoms with Crippen LogP contribution in [0.2, 0.25) is 0 Å². The van der Waals surface area contributed by atoms with Crippen molar-refractivity contribution in [1.29, 1.82) is 0 Å². The molecule has 12 heteroatoms. The molecular formula is C20H16N4O6S2. The normalized spacial score (nSPS) is 11.4. The Bertz CT molecular complexity index is 1520. The van der Waals surface area contributed by atoms with Gasteiger partial charge in [0.2, 0.25) is 0 Å². The maximum absolute atomic E-state index is 12.8. The van der Waals surface area contributed by atoms with E-state index in [1.54, 1.807) is 24.3 Å². The number of rotatable bonds is 5. The highest BCUT2D eigenvalue weighted by atomic mass is 32.2. The number of nitrogens with one attached hydrogen (secondary N) is 1. The van der Waals surface area contributed by atoms with Crippen LogP contribution in [0.15, 0.2) is 58.2 Å².